The highest BCUT2D eigenvalue weighted by molar-refractivity contribution is 4.75. The average Bonchev–Trinajstić information content (AvgIpc) is 2.00. The van der Waals surface area contributed by atoms with Crippen molar-refractivity contribution in [3.8, 4) is 0 Å². The summed E-state index contributed by atoms with van der Waals surface area (Å²) in [6, 6.07) is 0. The molecule has 0 saturated heterocycles. The second-order valence-electron chi connectivity index (χ2n) is 3.12. The van der Waals surface area contributed by atoms with Crippen molar-refractivity contribution in [2.75, 3.05) is 13.2 Å². The van der Waals surface area contributed by atoms with Gasteiger partial charge in [-0.1, -0.05) is 13.8 Å². The Morgan fingerprint density at radius 1 is 1.45 bits per heavy atom. The molecule has 11 heavy (non-hydrogen) atoms. The Kier molecular flexibility index (Phi) is 4.65. The Morgan fingerprint density at radius 3 is 2.27 bits per heavy atom. The third-order valence-corrected chi connectivity index (χ3v) is 1.90. The van der Waals surface area contributed by atoms with E-state index < -0.39 is 5.60 Å². The molecule has 0 aromatic rings. The molecular weight excluding hydrogens is 144 g/mol. The van der Waals surface area contributed by atoms with Gasteiger partial charge in [0.15, 0.2) is 0 Å². The normalized spacial score (nSPS) is 16.9. The van der Waals surface area contributed by atoms with Crippen LogP contribution >= 0.6 is 0 Å². The van der Waals surface area contributed by atoms with Gasteiger partial charge in [-0.3, -0.25) is 0 Å². The molecule has 0 bridgehead atoms. The number of rotatable bonds is 5. The minimum absolute atomic E-state index is 0.0231. The minimum Gasteiger partial charge on any atom is -0.393 e. The molecule has 0 amide bonds. The maximum atomic E-state index is 8.98. The van der Waals surface area contributed by atoms with Gasteiger partial charge in [0.05, 0.1) is 13.2 Å². The second kappa shape index (κ2) is 4.70. The first-order chi connectivity index (χ1) is 5.06. The van der Waals surface area contributed by atoms with E-state index in [0.29, 0.717) is 6.61 Å². The highest BCUT2D eigenvalue weighted by Crippen LogP contribution is 2.20. The molecule has 0 heterocycles. The Hall–Kier alpha value is -0.120. The van der Waals surface area contributed by atoms with Gasteiger partial charge in [-0.05, 0) is 19.8 Å². The van der Waals surface area contributed by atoms with E-state index in [1.54, 1.807) is 0 Å². The molecule has 0 radical (unpaired) electrons. The topological polar surface area (TPSA) is 38.7 Å². The lowest BCUT2D eigenvalue weighted by atomic mass is 9.94. The van der Waals surface area contributed by atoms with Crippen LogP contribution in [0.15, 0.2) is 0 Å². The largest absolute Gasteiger partial charge is 0.393 e. The molecular formula is C8H18O3. The van der Waals surface area contributed by atoms with E-state index in [1.807, 2.05) is 27.7 Å². The summed E-state index contributed by atoms with van der Waals surface area (Å²) < 4.78 is 0. The molecule has 0 saturated carbocycles. The predicted molar refractivity (Wildman–Crippen MR) is 43.0 cm³/mol. The van der Waals surface area contributed by atoms with Crippen molar-refractivity contribution < 1.29 is 14.9 Å². The van der Waals surface area contributed by atoms with Gasteiger partial charge in [-0.15, -0.1) is 0 Å². The molecule has 0 aliphatic carbocycles. The number of aliphatic hydroxyl groups is 1. The monoisotopic (exact) mass is 162 g/mol. The van der Waals surface area contributed by atoms with Crippen LogP contribution in [0, 0.1) is 5.92 Å². The molecule has 68 valence electrons. The molecule has 0 aromatic carbocycles. The van der Waals surface area contributed by atoms with Crippen LogP contribution in [0.25, 0.3) is 0 Å². The summed E-state index contributed by atoms with van der Waals surface area (Å²) in [4.78, 5) is 9.83. The molecule has 0 fully saturated rings. The highest BCUT2D eigenvalue weighted by atomic mass is 17.2. The molecule has 0 spiro atoms. The summed E-state index contributed by atoms with van der Waals surface area (Å²) in [7, 11) is 0. The van der Waals surface area contributed by atoms with Crippen molar-refractivity contribution in [1.82, 2.24) is 0 Å². The Labute approximate surface area is 68.2 Å². The summed E-state index contributed by atoms with van der Waals surface area (Å²) in [5, 5.41) is 8.98. The first-order valence-electron chi connectivity index (χ1n) is 3.98. The van der Waals surface area contributed by atoms with Crippen LogP contribution < -0.4 is 0 Å². The van der Waals surface area contributed by atoms with Gasteiger partial charge in [-0.25, -0.2) is 9.78 Å². The first-order valence-corrected chi connectivity index (χ1v) is 3.98. The molecule has 0 rings (SSSR count). The van der Waals surface area contributed by atoms with Crippen molar-refractivity contribution >= 4 is 0 Å². The van der Waals surface area contributed by atoms with Gasteiger partial charge in [0, 0.05) is 0 Å². The summed E-state index contributed by atoms with van der Waals surface area (Å²) in [6.45, 7) is 8.11. The lowest BCUT2D eigenvalue weighted by molar-refractivity contribution is -0.370. The van der Waals surface area contributed by atoms with Crippen LogP contribution in [0.3, 0.4) is 0 Å². The fourth-order valence-corrected chi connectivity index (χ4v) is 0.499. The lowest BCUT2D eigenvalue weighted by Crippen LogP contribution is -2.38. The molecule has 1 N–H and O–H groups in total. The molecule has 0 aliphatic heterocycles. The van der Waals surface area contributed by atoms with Crippen molar-refractivity contribution in [3.05, 3.63) is 0 Å². The van der Waals surface area contributed by atoms with Crippen LogP contribution in [0.4, 0.5) is 0 Å². The van der Waals surface area contributed by atoms with Crippen LogP contribution in [0.2, 0.25) is 0 Å². The SMILES string of the molecule is CCOOC(C)(CO)C(C)C. The van der Waals surface area contributed by atoms with Gasteiger partial charge in [0.25, 0.3) is 0 Å². The lowest BCUT2D eigenvalue weighted by Gasteiger charge is -2.29. The molecule has 3 nitrogen and oxygen atoms in total. The van der Waals surface area contributed by atoms with E-state index in [9.17, 15) is 0 Å². The number of hydrogen-bond acceptors (Lipinski definition) is 3. The van der Waals surface area contributed by atoms with Gasteiger partial charge in [0.2, 0.25) is 0 Å². The van der Waals surface area contributed by atoms with Crippen molar-refractivity contribution in [2.24, 2.45) is 5.92 Å². The summed E-state index contributed by atoms with van der Waals surface area (Å²) in [5.41, 5.74) is -0.573. The quantitative estimate of drug-likeness (QED) is 0.490. The maximum absolute atomic E-state index is 8.98. The van der Waals surface area contributed by atoms with Crippen LogP contribution in [-0.2, 0) is 9.78 Å². The highest BCUT2D eigenvalue weighted by Gasteiger charge is 2.29. The molecule has 1 unspecified atom stereocenters. The zero-order chi connectivity index (χ0) is 8.91. The predicted octanol–water partition coefficient (Wildman–Crippen LogP) is 1.36. The van der Waals surface area contributed by atoms with E-state index in [0.717, 1.165) is 0 Å². The molecule has 1 atom stereocenters. The fourth-order valence-electron chi connectivity index (χ4n) is 0.499. The van der Waals surface area contributed by atoms with Crippen LogP contribution in [0.5, 0.6) is 0 Å². The first kappa shape index (κ1) is 10.9. The second-order valence-corrected chi connectivity index (χ2v) is 3.12. The van der Waals surface area contributed by atoms with Crippen LogP contribution in [0.1, 0.15) is 27.7 Å². The van der Waals surface area contributed by atoms with E-state index in [-0.39, 0.29) is 12.5 Å². The minimum atomic E-state index is -0.573. The standard InChI is InChI=1S/C8H18O3/c1-5-10-11-8(4,6-9)7(2)3/h7,9H,5-6H2,1-4H3. The third-order valence-electron chi connectivity index (χ3n) is 1.90. The average molecular weight is 162 g/mol. The van der Waals surface area contributed by atoms with Gasteiger partial charge in [-0.2, -0.15) is 0 Å². The van der Waals surface area contributed by atoms with E-state index in [1.165, 1.54) is 0 Å². The van der Waals surface area contributed by atoms with Crippen molar-refractivity contribution in [2.45, 2.75) is 33.3 Å². The fraction of sp³-hybridized carbons (Fsp3) is 1.00. The van der Waals surface area contributed by atoms with Gasteiger partial charge in [0.1, 0.15) is 5.60 Å². The number of hydrogen-bond donors (Lipinski definition) is 1. The summed E-state index contributed by atoms with van der Waals surface area (Å²) >= 11 is 0. The van der Waals surface area contributed by atoms with Crippen LogP contribution in [-0.4, -0.2) is 23.9 Å². The van der Waals surface area contributed by atoms with Crippen molar-refractivity contribution in [3.63, 3.8) is 0 Å². The Bertz CT molecular complexity index is 104. The smallest absolute Gasteiger partial charge is 0.126 e. The van der Waals surface area contributed by atoms with Gasteiger partial charge < -0.3 is 5.11 Å². The van der Waals surface area contributed by atoms with Crippen molar-refractivity contribution in [1.29, 1.82) is 0 Å². The van der Waals surface area contributed by atoms with Gasteiger partial charge >= 0.3 is 0 Å². The zero-order valence-electron chi connectivity index (χ0n) is 7.76. The Balaban J connectivity index is 3.88. The maximum Gasteiger partial charge on any atom is 0.126 e. The molecule has 0 aliphatic rings. The Morgan fingerprint density at radius 2 is 2.00 bits per heavy atom. The summed E-state index contributed by atoms with van der Waals surface area (Å²) in [5.74, 6) is 0.235. The molecule has 0 aromatic heterocycles. The molecule has 3 heteroatoms. The zero-order valence-corrected chi connectivity index (χ0v) is 7.76. The number of aliphatic hydroxyl groups excluding tert-OH is 1. The van der Waals surface area contributed by atoms with E-state index in [4.69, 9.17) is 14.9 Å². The van der Waals surface area contributed by atoms with E-state index >= 15 is 0 Å². The van der Waals surface area contributed by atoms with E-state index in [2.05, 4.69) is 0 Å². The summed E-state index contributed by atoms with van der Waals surface area (Å²) in [6.07, 6.45) is 0. The third kappa shape index (κ3) is 3.18.